The van der Waals surface area contributed by atoms with Crippen molar-refractivity contribution in [2.24, 2.45) is 0 Å². The van der Waals surface area contributed by atoms with Gasteiger partial charge in [-0.1, -0.05) is 35.9 Å². The van der Waals surface area contributed by atoms with Crippen LogP contribution in [0.1, 0.15) is 15.9 Å². The molecule has 0 saturated heterocycles. The number of ether oxygens (including phenoxy) is 1. The molecule has 0 radical (unpaired) electrons. The number of phenols is 1. The van der Waals surface area contributed by atoms with Crippen molar-refractivity contribution in [3.05, 3.63) is 93.5 Å². The molecule has 0 spiro atoms. The second-order valence-electron chi connectivity index (χ2n) is 7.03. The maximum atomic E-state index is 12.2. The van der Waals surface area contributed by atoms with Crippen molar-refractivity contribution >= 4 is 50.1 Å². The molecule has 0 amide bonds. The molecule has 11 heteroatoms. The standard InChI is InChI=1S/C17H11BrClF3N2O.C7H6O3/c18-16-12-2-1-3-14(19)13(12)8-15(24-16)23-9-10-4-6-11(7-5-10)25-17(20,21)22;8-6-3-1-5(2-4-6)7(9)10/h1-8H,9H2,(H,23,24);1-4,8H,(H,9,10). The van der Waals surface area contributed by atoms with Gasteiger partial charge in [0, 0.05) is 22.3 Å². The van der Waals surface area contributed by atoms with E-state index in [1.807, 2.05) is 18.2 Å². The zero-order chi connectivity index (χ0) is 25.6. The molecule has 35 heavy (non-hydrogen) atoms. The van der Waals surface area contributed by atoms with E-state index < -0.39 is 12.3 Å². The number of nitrogens with zero attached hydrogens (tertiary/aromatic N) is 1. The summed E-state index contributed by atoms with van der Waals surface area (Å²) < 4.78 is 41.0. The number of aromatic hydroxyl groups is 1. The van der Waals surface area contributed by atoms with Gasteiger partial charge in [0.1, 0.15) is 21.9 Å². The van der Waals surface area contributed by atoms with Gasteiger partial charge >= 0.3 is 12.3 Å². The van der Waals surface area contributed by atoms with Crippen LogP contribution in [0.3, 0.4) is 0 Å². The first-order chi connectivity index (χ1) is 16.5. The fourth-order valence-corrected chi connectivity index (χ4v) is 3.66. The maximum Gasteiger partial charge on any atom is 0.573 e. The van der Waals surface area contributed by atoms with Crippen LogP contribution in [-0.2, 0) is 6.54 Å². The molecule has 0 fully saturated rings. The number of anilines is 1. The van der Waals surface area contributed by atoms with Crippen LogP contribution >= 0.6 is 27.5 Å². The van der Waals surface area contributed by atoms with Crippen LogP contribution in [-0.4, -0.2) is 27.5 Å². The highest BCUT2D eigenvalue weighted by Gasteiger charge is 2.30. The molecule has 3 N–H and O–H groups in total. The lowest BCUT2D eigenvalue weighted by atomic mass is 10.1. The molecule has 0 unspecified atom stereocenters. The third-order valence-corrected chi connectivity index (χ3v) is 5.45. The number of carboxylic acids is 1. The lowest BCUT2D eigenvalue weighted by Crippen LogP contribution is -2.17. The number of carbonyl (C=O) groups is 1. The van der Waals surface area contributed by atoms with Gasteiger partial charge in [0.25, 0.3) is 0 Å². The number of carboxylic acid groups (broad SMARTS) is 1. The number of pyridine rings is 1. The highest BCUT2D eigenvalue weighted by atomic mass is 79.9. The molecule has 0 aliphatic carbocycles. The summed E-state index contributed by atoms with van der Waals surface area (Å²) in [6.45, 7) is 0.391. The minimum atomic E-state index is -4.69. The Labute approximate surface area is 211 Å². The third-order valence-electron chi connectivity index (χ3n) is 4.52. The summed E-state index contributed by atoms with van der Waals surface area (Å²) in [5, 5.41) is 22.6. The van der Waals surface area contributed by atoms with Crippen LogP contribution in [0.25, 0.3) is 10.8 Å². The Balaban J connectivity index is 0.000000287. The van der Waals surface area contributed by atoms with Crippen molar-refractivity contribution < 1.29 is 32.9 Å². The lowest BCUT2D eigenvalue weighted by molar-refractivity contribution is -0.274. The number of nitrogens with one attached hydrogen (secondary N) is 1. The van der Waals surface area contributed by atoms with Gasteiger partial charge in [-0.2, -0.15) is 0 Å². The minimum absolute atomic E-state index is 0.0741. The number of fused-ring (bicyclic) bond motifs is 1. The number of alkyl halides is 3. The largest absolute Gasteiger partial charge is 0.573 e. The number of hydrogen-bond acceptors (Lipinski definition) is 5. The molecule has 0 saturated carbocycles. The number of aromatic carboxylic acids is 1. The van der Waals surface area contributed by atoms with Crippen molar-refractivity contribution in [3.63, 3.8) is 0 Å². The molecule has 0 bridgehead atoms. The zero-order valence-corrected chi connectivity index (χ0v) is 20.0. The smallest absolute Gasteiger partial charge is 0.508 e. The summed E-state index contributed by atoms with van der Waals surface area (Å²) in [6, 6.07) is 18.4. The molecule has 1 aromatic heterocycles. The minimum Gasteiger partial charge on any atom is -0.508 e. The quantitative estimate of drug-likeness (QED) is 0.219. The molecule has 3 aromatic carbocycles. The molecular weight excluding hydrogens is 553 g/mol. The molecule has 4 aromatic rings. The van der Waals surface area contributed by atoms with Gasteiger partial charge in [-0.05, 0) is 70.0 Å². The van der Waals surface area contributed by atoms with Crippen molar-refractivity contribution in [1.29, 1.82) is 0 Å². The van der Waals surface area contributed by atoms with Crippen LogP contribution in [0.4, 0.5) is 19.0 Å². The van der Waals surface area contributed by atoms with E-state index in [9.17, 15) is 18.0 Å². The lowest BCUT2D eigenvalue weighted by Gasteiger charge is -2.11. The predicted octanol–water partition coefficient (Wildman–Crippen LogP) is 7.25. The van der Waals surface area contributed by atoms with E-state index in [1.165, 1.54) is 36.4 Å². The van der Waals surface area contributed by atoms with Crippen LogP contribution in [0.5, 0.6) is 11.5 Å². The number of halogens is 5. The summed E-state index contributed by atoms with van der Waals surface area (Å²) >= 11 is 9.62. The number of rotatable bonds is 5. The van der Waals surface area contributed by atoms with Crippen molar-refractivity contribution in [3.8, 4) is 11.5 Å². The molecule has 6 nitrogen and oxygen atoms in total. The van der Waals surface area contributed by atoms with E-state index in [-0.39, 0.29) is 17.1 Å². The molecule has 1 heterocycles. The van der Waals surface area contributed by atoms with Crippen molar-refractivity contribution in [2.45, 2.75) is 12.9 Å². The predicted molar refractivity (Wildman–Crippen MR) is 130 cm³/mol. The average Bonchev–Trinajstić information content (AvgIpc) is 2.79. The van der Waals surface area contributed by atoms with Gasteiger partial charge in [0.15, 0.2) is 0 Å². The third kappa shape index (κ3) is 7.76. The SMILES string of the molecule is FC(F)(F)Oc1ccc(CNc2cc3c(Cl)cccc3c(Br)n2)cc1.O=C(O)c1ccc(O)cc1. The number of phenolic OH excluding ortho intramolecular Hbond substituents is 1. The second-order valence-corrected chi connectivity index (χ2v) is 8.19. The Morgan fingerprint density at radius 3 is 2.29 bits per heavy atom. The Bertz CT molecular complexity index is 1320. The zero-order valence-electron chi connectivity index (χ0n) is 17.7. The van der Waals surface area contributed by atoms with E-state index in [2.05, 4.69) is 31.0 Å². The number of hydrogen-bond donors (Lipinski definition) is 3. The van der Waals surface area contributed by atoms with Crippen LogP contribution in [0.2, 0.25) is 5.02 Å². The fraction of sp³-hybridized carbons (Fsp3) is 0.0833. The second kappa shape index (κ2) is 11.3. The number of benzene rings is 3. The highest BCUT2D eigenvalue weighted by molar-refractivity contribution is 9.10. The van der Waals surface area contributed by atoms with Gasteiger partial charge in [-0.15, -0.1) is 13.2 Å². The Morgan fingerprint density at radius 1 is 1.03 bits per heavy atom. The van der Waals surface area contributed by atoms with Crippen LogP contribution in [0, 0.1) is 0 Å². The first-order valence-electron chi connectivity index (χ1n) is 9.87. The molecular formula is C24H17BrClF3N2O4. The first kappa shape index (κ1) is 26.1. The molecule has 4 rings (SSSR count). The van der Waals surface area contributed by atoms with Gasteiger partial charge in [-0.3, -0.25) is 0 Å². The van der Waals surface area contributed by atoms with Gasteiger partial charge < -0.3 is 20.3 Å². The summed E-state index contributed by atoms with van der Waals surface area (Å²) in [6.07, 6.45) is -4.69. The van der Waals surface area contributed by atoms with Crippen LogP contribution in [0.15, 0.2) is 77.4 Å². The van der Waals surface area contributed by atoms with E-state index in [1.54, 1.807) is 18.2 Å². The van der Waals surface area contributed by atoms with E-state index >= 15 is 0 Å². The normalized spacial score (nSPS) is 10.9. The Kier molecular flexibility index (Phi) is 8.42. The van der Waals surface area contributed by atoms with Gasteiger partial charge in [-0.25, -0.2) is 9.78 Å². The van der Waals surface area contributed by atoms with E-state index in [4.69, 9.17) is 21.8 Å². The van der Waals surface area contributed by atoms with Crippen LogP contribution < -0.4 is 10.1 Å². The summed E-state index contributed by atoms with van der Waals surface area (Å²) in [5.74, 6) is -0.567. The topological polar surface area (TPSA) is 91.7 Å². The Hall–Kier alpha value is -3.50. The molecule has 182 valence electrons. The van der Waals surface area contributed by atoms with E-state index in [0.29, 0.717) is 22.0 Å². The van der Waals surface area contributed by atoms with Gasteiger partial charge in [0.2, 0.25) is 0 Å². The molecule has 0 aliphatic heterocycles. The highest BCUT2D eigenvalue weighted by Crippen LogP contribution is 2.30. The molecule has 0 aliphatic rings. The van der Waals surface area contributed by atoms with Gasteiger partial charge in [0.05, 0.1) is 5.56 Å². The van der Waals surface area contributed by atoms with Crippen molar-refractivity contribution in [2.75, 3.05) is 5.32 Å². The maximum absolute atomic E-state index is 12.2. The van der Waals surface area contributed by atoms with E-state index in [0.717, 1.165) is 16.3 Å². The molecule has 0 atom stereocenters. The average molecular weight is 570 g/mol. The first-order valence-corrected chi connectivity index (χ1v) is 11.0. The Morgan fingerprint density at radius 2 is 1.69 bits per heavy atom. The fourth-order valence-electron chi connectivity index (χ4n) is 2.89. The monoisotopic (exact) mass is 568 g/mol. The summed E-state index contributed by atoms with van der Waals surface area (Å²) in [5.41, 5.74) is 0.963. The number of aromatic nitrogens is 1. The summed E-state index contributed by atoms with van der Waals surface area (Å²) in [4.78, 5) is 14.6. The van der Waals surface area contributed by atoms with Crippen molar-refractivity contribution in [1.82, 2.24) is 4.98 Å². The summed E-state index contributed by atoms with van der Waals surface area (Å²) in [7, 11) is 0.